The van der Waals surface area contributed by atoms with Crippen LogP contribution in [0.3, 0.4) is 0 Å². The summed E-state index contributed by atoms with van der Waals surface area (Å²) in [5, 5.41) is 6.70. The second-order valence-corrected chi connectivity index (χ2v) is 9.47. The highest BCUT2D eigenvalue weighted by Crippen LogP contribution is 2.36. The molecule has 0 saturated carbocycles. The van der Waals surface area contributed by atoms with Gasteiger partial charge in [0, 0.05) is 52.2 Å². The molecule has 39 heavy (non-hydrogen) atoms. The van der Waals surface area contributed by atoms with Crippen LogP contribution >= 0.6 is 0 Å². The van der Waals surface area contributed by atoms with E-state index in [9.17, 15) is 0 Å². The van der Waals surface area contributed by atoms with Crippen LogP contribution in [0.1, 0.15) is 0 Å². The molecule has 6 heteroatoms. The Morgan fingerprint density at radius 3 is 2.44 bits per heavy atom. The number of benzene rings is 4. The molecule has 0 aliphatic carbocycles. The normalized spacial score (nSPS) is 11.6. The standard InChI is InChI=1S/C33H21N5O/c1-2-11-30-26(9-1)27-14-12-23(33-36-29-15-13-24(21-32(29)39-33)37-18-6-17-35-37)20-31(27)38(30)25-8-5-7-22(19-25)28-10-3-4-16-34-28/h1-21H. The topological polar surface area (TPSA) is 61.7 Å². The summed E-state index contributed by atoms with van der Waals surface area (Å²) in [6.07, 6.45) is 5.50. The van der Waals surface area contributed by atoms with E-state index < -0.39 is 0 Å². The lowest BCUT2D eigenvalue weighted by molar-refractivity contribution is 0.619. The van der Waals surface area contributed by atoms with Crippen LogP contribution in [0.25, 0.3) is 67.0 Å². The zero-order chi connectivity index (χ0) is 25.8. The molecule has 6 nitrogen and oxygen atoms in total. The van der Waals surface area contributed by atoms with E-state index in [1.807, 2.05) is 59.5 Å². The molecular formula is C33H21N5O. The van der Waals surface area contributed by atoms with Crippen molar-refractivity contribution in [1.82, 2.24) is 24.3 Å². The van der Waals surface area contributed by atoms with Gasteiger partial charge >= 0.3 is 0 Å². The number of fused-ring (bicyclic) bond motifs is 4. The third-order valence-corrected chi connectivity index (χ3v) is 7.13. The summed E-state index contributed by atoms with van der Waals surface area (Å²) < 4.78 is 10.4. The number of para-hydroxylation sites is 1. The van der Waals surface area contributed by atoms with E-state index in [0.29, 0.717) is 5.89 Å². The zero-order valence-corrected chi connectivity index (χ0v) is 20.8. The zero-order valence-electron chi connectivity index (χ0n) is 20.8. The molecule has 0 aliphatic rings. The van der Waals surface area contributed by atoms with Crippen LogP contribution in [0.2, 0.25) is 0 Å². The number of pyridine rings is 1. The Kier molecular flexibility index (Phi) is 4.72. The van der Waals surface area contributed by atoms with Crippen molar-refractivity contribution in [3.05, 3.63) is 128 Å². The van der Waals surface area contributed by atoms with Crippen LogP contribution in [0.15, 0.2) is 132 Å². The summed E-state index contributed by atoms with van der Waals surface area (Å²) in [7, 11) is 0. The summed E-state index contributed by atoms with van der Waals surface area (Å²) in [5.41, 5.74) is 8.71. The van der Waals surface area contributed by atoms with E-state index in [1.54, 1.807) is 6.20 Å². The first-order valence-electron chi connectivity index (χ1n) is 12.8. The summed E-state index contributed by atoms with van der Waals surface area (Å²) in [6.45, 7) is 0. The molecular weight excluding hydrogens is 482 g/mol. The molecule has 0 aliphatic heterocycles. The van der Waals surface area contributed by atoms with Crippen LogP contribution in [-0.4, -0.2) is 24.3 Å². The number of aromatic nitrogens is 5. The van der Waals surface area contributed by atoms with Crippen molar-refractivity contribution in [2.75, 3.05) is 0 Å². The predicted molar refractivity (Wildman–Crippen MR) is 154 cm³/mol. The first kappa shape index (κ1) is 21.6. The van der Waals surface area contributed by atoms with E-state index in [1.165, 1.54) is 10.8 Å². The van der Waals surface area contributed by atoms with Gasteiger partial charge in [-0.25, -0.2) is 9.67 Å². The lowest BCUT2D eigenvalue weighted by atomic mass is 10.1. The molecule has 0 N–H and O–H groups in total. The summed E-state index contributed by atoms with van der Waals surface area (Å²) in [4.78, 5) is 9.37. The number of nitrogens with zero attached hydrogens (tertiary/aromatic N) is 5. The minimum Gasteiger partial charge on any atom is -0.436 e. The van der Waals surface area contributed by atoms with Gasteiger partial charge in [0.2, 0.25) is 5.89 Å². The van der Waals surface area contributed by atoms with E-state index in [4.69, 9.17) is 9.40 Å². The van der Waals surface area contributed by atoms with Gasteiger partial charge in [-0.2, -0.15) is 5.10 Å². The summed E-state index contributed by atoms with van der Waals surface area (Å²) >= 11 is 0. The van der Waals surface area contributed by atoms with E-state index in [2.05, 4.69) is 81.4 Å². The number of oxazole rings is 1. The molecule has 0 unspecified atom stereocenters. The maximum atomic E-state index is 6.27. The molecule has 0 atom stereocenters. The molecule has 0 amide bonds. The number of hydrogen-bond donors (Lipinski definition) is 0. The van der Waals surface area contributed by atoms with Crippen molar-refractivity contribution in [2.24, 2.45) is 0 Å². The van der Waals surface area contributed by atoms with Gasteiger partial charge in [-0.1, -0.05) is 42.5 Å². The molecule has 8 aromatic rings. The number of hydrogen-bond acceptors (Lipinski definition) is 4. The van der Waals surface area contributed by atoms with Crippen LogP contribution < -0.4 is 0 Å². The summed E-state index contributed by atoms with van der Waals surface area (Å²) in [6, 6.07) is 37.3. The Hall–Kier alpha value is -5.49. The van der Waals surface area contributed by atoms with Gasteiger partial charge in [-0.15, -0.1) is 0 Å². The average molecular weight is 504 g/mol. The molecule has 4 aromatic carbocycles. The van der Waals surface area contributed by atoms with Gasteiger partial charge in [-0.05, 0) is 60.7 Å². The van der Waals surface area contributed by atoms with E-state index in [-0.39, 0.29) is 0 Å². The Labute approximate surface area is 223 Å². The fourth-order valence-electron chi connectivity index (χ4n) is 5.32. The van der Waals surface area contributed by atoms with Crippen LogP contribution in [0, 0.1) is 0 Å². The molecule has 4 heterocycles. The van der Waals surface area contributed by atoms with Crippen molar-refractivity contribution in [1.29, 1.82) is 0 Å². The molecule has 0 saturated heterocycles. The van der Waals surface area contributed by atoms with Crippen molar-refractivity contribution in [2.45, 2.75) is 0 Å². The van der Waals surface area contributed by atoms with Crippen molar-refractivity contribution in [3.63, 3.8) is 0 Å². The lowest BCUT2D eigenvalue weighted by Crippen LogP contribution is -1.95. The van der Waals surface area contributed by atoms with Gasteiger partial charge in [0.25, 0.3) is 0 Å². The average Bonchev–Trinajstić information content (AvgIpc) is 3.75. The molecule has 4 aromatic heterocycles. The first-order valence-corrected chi connectivity index (χ1v) is 12.8. The Morgan fingerprint density at radius 1 is 0.615 bits per heavy atom. The lowest BCUT2D eigenvalue weighted by Gasteiger charge is -2.10. The highest BCUT2D eigenvalue weighted by Gasteiger charge is 2.16. The van der Waals surface area contributed by atoms with Gasteiger partial charge < -0.3 is 8.98 Å². The SMILES string of the molecule is c1ccc(-c2cccc(-n3c4ccccc4c4ccc(-c5nc6ccc(-n7cccn7)cc6o5)cc43)c2)nc1. The molecule has 0 spiro atoms. The third-order valence-electron chi connectivity index (χ3n) is 7.13. The minimum atomic E-state index is 0.587. The molecule has 8 rings (SSSR count). The largest absolute Gasteiger partial charge is 0.436 e. The fraction of sp³-hybridized carbons (Fsp3) is 0. The van der Waals surface area contributed by atoms with Crippen molar-refractivity contribution < 1.29 is 4.42 Å². The maximum Gasteiger partial charge on any atom is 0.227 e. The Bertz CT molecular complexity index is 2120. The smallest absolute Gasteiger partial charge is 0.227 e. The monoisotopic (exact) mass is 503 g/mol. The first-order chi connectivity index (χ1) is 19.3. The third kappa shape index (κ3) is 3.54. The van der Waals surface area contributed by atoms with E-state index >= 15 is 0 Å². The highest BCUT2D eigenvalue weighted by molar-refractivity contribution is 6.10. The quantitative estimate of drug-likeness (QED) is 0.245. The van der Waals surface area contributed by atoms with Crippen molar-refractivity contribution >= 4 is 32.9 Å². The van der Waals surface area contributed by atoms with Gasteiger partial charge in [0.1, 0.15) is 5.52 Å². The van der Waals surface area contributed by atoms with Gasteiger partial charge in [0.15, 0.2) is 5.58 Å². The second kappa shape index (κ2) is 8.53. The summed E-state index contributed by atoms with van der Waals surface area (Å²) in [5.74, 6) is 0.587. The molecule has 0 fully saturated rings. The molecule has 0 bridgehead atoms. The molecule has 0 radical (unpaired) electrons. The second-order valence-electron chi connectivity index (χ2n) is 9.47. The van der Waals surface area contributed by atoms with Crippen LogP contribution in [-0.2, 0) is 0 Å². The maximum absolute atomic E-state index is 6.27. The van der Waals surface area contributed by atoms with Crippen LogP contribution in [0.4, 0.5) is 0 Å². The minimum absolute atomic E-state index is 0.587. The van der Waals surface area contributed by atoms with Crippen LogP contribution in [0.5, 0.6) is 0 Å². The van der Waals surface area contributed by atoms with E-state index in [0.717, 1.165) is 50.3 Å². The predicted octanol–water partition coefficient (Wildman–Crippen LogP) is 7.84. The fourth-order valence-corrected chi connectivity index (χ4v) is 5.32. The van der Waals surface area contributed by atoms with Gasteiger partial charge in [-0.3, -0.25) is 4.98 Å². The number of rotatable bonds is 4. The Morgan fingerprint density at radius 2 is 1.54 bits per heavy atom. The Balaban J connectivity index is 1.31. The van der Waals surface area contributed by atoms with Gasteiger partial charge in [0.05, 0.1) is 22.4 Å². The van der Waals surface area contributed by atoms with Crippen molar-refractivity contribution in [3.8, 4) is 34.1 Å². The molecule has 184 valence electrons. The highest BCUT2D eigenvalue weighted by atomic mass is 16.3.